The van der Waals surface area contributed by atoms with Crippen molar-refractivity contribution < 1.29 is 19.0 Å². The largest absolute Gasteiger partial charge is 0.493 e. The summed E-state index contributed by atoms with van der Waals surface area (Å²) in [5.41, 5.74) is 0.838. The van der Waals surface area contributed by atoms with Gasteiger partial charge in [-0.15, -0.1) is 22.7 Å². The van der Waals surface area contributed by atoms with Crippen LogP contribution in [0.15, 0.2) is 35.0 Å². The standard InChI is InChI=1S/C17H15NO4S2/c1-20-12-7-10(8-13(21-2)16(12)22-3)15(19)11-9-24-17(18-11)14-5-4-6-23-14/h4-9H,1-3H3. The van der Waals surface area contributed by atoms with E-state index in [9.17, 15) is 4.79 Å². The summed E-state index contributed by atoms with van der Waals surface area (Å²) < 4.78 is 15.9. The molecule has 24 heavy (non-hydrogen) atoms. The molecule has 1 aromatic carbocycles. The molecule has 0 aliphatic carbocycles. The molecular formula is C17H15NO4S2. The molecule has 0 bridgehead atoms. The van der Waals surface area contributed by atoms with E-state index in [0.29, 0.717) is 28.5 Å². The molecule has 3 rings (SSSR count). The van der Waals surface area contributed by atoms with Crippen molar-refractivity contribution in [2.24, 2.45) is 0 Å². The second kappa shape index (κ2) is 7.02. The lowest BCUT2D eigenvalue weighted by atomic mass is 10.1. The van der Waals surface area contributed by atoms with E-state index in [4.69, 9.17) is 14.2 Å². The first-order chi connectivity index (χ1) is 11.7. The lowest BCUT2D eigenvalue weighted by Crippen LogP contribution is -2.04. The van der Waals surface area contributed by atoms with Gasteiger partial charge in [-0.05, 0) is 23.6 Å². The third kappa shape index (κ3) is 3.00. The zero-order chi connectivity index (χ0) is 17.1. The van der Waals surface area contributed by atoms with Crippen LogP contribution in [0.5, 0.6) is 17.2 Å². The van der Waals surface area contributed by atoms with Crippen LogP contribution in [0.4, 0.5) is 0 Å². The van der Waals surface area contributed by atoms with Crippen LogP contribution < -0.4 is 14.2 Å². The quantitative estimate of drug-likeness (QED) is 0.618. The Labute approximate surface area is 147 Å². The van der Waals surface area contributed by atoms with E-state index in [0.717, 1.165) is 9.88 Å². The fraction of sp³-hybridized carbons (Fsp3) is 0.176. The summed E-state index contributed by atoms with van der Waals surface area (Å²) in [6.45, 7) is 0. The molecule has 0 aliphatic heterocycles. The first kappa shape index (κ1) is 16.5. The number of hydrogen-bond acceptors (Lipinski definition) is 7. The van der Waals surface area contributed by atoms with Crippen molar-refractivity contribution in [2.45, 2.75) is 0 Å². The number of benzene rings is 1. The van der Waals surface area contributed by atoms with Gasteiger partial charge in [-0.1, -0.05) is 6.07 Å². The maximum Gasteiger partial charge on any atom is 0.212 e. The minimum Gasteiger partial charge on any atom is -0.493 e. The lowest BCUT2D eigenvalue weighted by Gasteiger charge is -2.13. The number of thiazole rings is 1. The van der Waals surface area contributed by atoms with E-state index in [1.54, 1.807) is 28.8 Å². The highest BCUT2D eigenvalue weighted by molar-refractivity contribution is 7.20. The molecule has 0 saturated heterocycles. The number of carbonyl (C=O) groups is 1. The molecule has 0 spiro atoms. The van der Waals surface area contributed by atoms with Gasteiger partial charge in [-0.25, -0.2) is 4.98 Å². The first-order valence-electron chi connectivity index (χ1n) is 7.02. The van der Waals surface area contributed by atoms with Gasteiger partial charge in [-0.3, -0.25) is 4.79 Å². The summed E-state index contributed by atoms with van der Waals surface area (Å²) in [6, 6.07) is 7.21. The Balaban J connectivity index is 1.98. The Hall–Kier alpha value is -2.38. The smallest absolute Gasteiger partial charge is 0.212 e. The topological polar surface area (TPSA) is 57.7 Å². The zero-order valence-electron chi connectivity index (χ0n) is 13.4. The summed E-state index contributed by atoms with van der Waals surface area (Å²) in [5, 5.41) is 4.58. The van der Waals surface area contributed by atoms with E-state index in [1.165, 1.54) is 32.7 Å². The second-order valence-electron chi connectivity index (χ2n) is 4.76. The van der Waals surface area contributed by atoms with E-state index in [2.05, 4.69) is 4.98 Å². The molecule has 124 valence electrons. The fourth-order valence-corrected chi connectivity index (χ4v) is 3.87. The van der Waals surface area contributed by atoms with Gasteiger partial charge in [0.05, 0.1) is 26.2 Å². The van der Waals surface area contributed by atoms with Crippen LogP contribution >= 0.6 is 22.7 Å². The maximum absolute atomic E-state index is 12.8. The second-order valence-corrected chi connectivity index (χ2v) is 6.56. The minimum absolute atomic E-state index is 0.187. The van der Waals surface area contributed by atoms with E-state index < -0.39 is 0 Å². The van der Waals surface area contributed by atoms with Crippen LogP contribution in [0.1, 0.15) is 16.1 Å². The molecule has 7 heteroatoms. The summed E-state index contributed by atoms with van der Waals surface area (Å²) in [6.07, 6.45) is 0. The number of carbonyl (C=O) groups excluding carboxylic acids is 1. The van der Waals surface area contributed by atoms with Crippen LogP contribution in [0, 0.1) is 0 Å². The van der Waals surface area contributed by atoms with Crippen molar-refractivity contribution in [3.63, 3.8) is 0 Å². The lowest BCUT2D eigenvalue weighted by molar-refractivity contribution is 0.103. The SMILES string of the molecule is COc1cc(C(=O)c2csc(-c3cccs3)n2)cc(OC)c1OC. The Morgan fingerprint density at radius 3 is 2.29 bits per heavy atom. The van der Waals surface area contributed by atoms with Gasteiger partial charge < -0.3 is 14.2 Å². The number of ether oxygens (including phenoxy) is 3. The molecule has 0 atom stereocenters. The minimum atomic E-state index is -0.187. The molecule has 2 heterocycles. The molecule has 2 aromatic heterocycles. The van der Waals surface area contributed by atoms with E-state index in [-0.39, 0.29) is 5.78 Å². The van der Waals surface area contributed by atoms with Crippen LogP contribution in [0.3, 0.4) is 0 Å². The summed E-state index contributed by atoms with van der Waals surface area (Å²) >= 11 is 3.04. The van der Waals surface area contributed by atoms with Gasteiger partial charge >= 0.3 is 0 Å². The summed E-state index contributed by atoms with van der Waals surface area (Å²) in [4.78, 5) is 18.3. The van der Waals surface area contributed by atoms with Crippen molar-refractivity contribution in [3.05, 3.63) is 46.3 Å². The fourth-order valence-electron chi connectivity index (χ4n) is 2.25. The average molecular weight is 361 g/mol. The van der Waals surface area contributed by atoms with E-state index >= 15 is 0 Å². The molecule has 0 unspecified atom stereocenters. The van der Waals surface area contributed by atoms with Crippen molar-refractivity contribution in [1.29, 1.82) is 0 Å². The number of rotatable bonds is 6. The van der Waals surface area contributed by atoms with Crippen molar-refractivity contribution in [1.82, 2.24) is 4.98 Å². The number of ketones is 1. The summed E-state index contributed by atoms with van der Waals surface area (Å²) in [7, 11) is 4.56. The number of aromatic nitrogens is 1. The zero-order valence-corrected chi connectivity index (χ0v) is 15.0. The normalized spacial score (nSPS) is 10.5. The molecule has 0 N–H and O–H groups in total. The van der Waals surface area contributed by atoms with Gasteiger partial charge in [-0.2, -0.15) is 0 Å². The van der Waals surface area contributed by atoms with Crippen LogP contribution in [0.25, 0.3) is 9.88 Å². The molecule has 0 fully saturated rings. The Bertz CT molecular complexity index is 830. The molecule has 0 saturated carbocycles. The average Bonchev–Trinajstić information content (AvgIpc) is 3.30. The highest BCUT2D eigenvalue weighted by Crippen LogP contribution is 2.39. The summed E-state index contributed by atoms with van der Waals surface area (Å²) in [5.74, 6) is 1.14. The van der Waals surface area contributed by atoms with Gasteiger partial charge in [0, 0.05) is 10.9 Å². The first-order valence-corrected chi connectivity index (χ1v) is 8.78. The molecular weight excluding hydrogens is 346 g/mol. The van der Waals surface area contributed by atoms with Crippen molar-refractivity contribution in [3.8, 4) is 27.1 Å². The Morgan fingerprint density at radius 2 is 1.75 bits per heavy atom. The molecule has 0 amide bonds. The van der Waals surface area contributed by atoms with Crippen molar-refractivity contribution in [2.75, 3.05) is 21.3 Å². The van der Waals surface area contributed by atoms with E-state index in [1.807, 2.05) is 17.5 Å². The maximum atomic E-state index is 12.8. The van der Waals surface area contributed by atoms with Crippen LogP contribution in [-0.4, -0.2) is 32.1 Å². The van der Waals surface area contributed by atoms with Gasteiger partial charge in [0.15, 0.2) is 11.5 Å². The van der Waals surface area contributed by atoms with Gasteiger partial charge in [0.2, 0.25) is 11.5 Å². The molecule has 5 nitrogen and oxygen atoms in total. The third-order valence-corrected chi connectivity index (χ3v) is 5.28. The number of thiophene rings is 1. The highest BCUT2D eigenvalue weighted by atomic mass is 32.1. The van der Waals surface area contributed by atoms with Gasteiger partial charge in [0.25, 0.3) is 0 Å². The Morgan fingerprint density at radius 1 is 1.04 bits per heavy atom. The molecule has 0 radical (unpaired) electrons. The Kier molecular flexibility index (Phi) is 4.82. The molecule has 3 aromatic rings. The highest BCUT2D eigenvalue weighted by Gasteiger charge is 2.20. The van der Waals surface area contributed by atoms with Crippen LogP contribution in [0.2, 0.25) is 0 Å². The number of hydrogen-bond donors (Lipinski definition) is 0. The predicted molar refractivity (Wildman–Crippen MR) is 95.0 cm³/mol. The van der Waals surface area contributed by atoms with Crippen LogP contribution in [-0.2, 0) is 0 Å². The van der Waals surface area contributed by atoms with Gasteiger partial charge in [0.1, 0.15) is 10.7 Å². The predicted octanol–water partition coefficient (Wildman–Crippen LogP) is 4.13. The number of methoxy groups -OCH3 is 3. The number of nitrogens with zero attached hydrogens (tertiary/aromatic N) is 1. The van der Waals surface area contributed by atoms with Crippen molar-refractivity contribution >= 4 is 28.5 Å². The molecule has 0 aliphatic rings. The monoisotopic (exact) mass is 361 g/mol. The third-order valence-electron chi connectivity index (χ3n) is 3.40.